The number of H-pyrrole nitrogens is 1. The Hall–Kier alpha value is -2.52. The van der Waals surface area contributed by atoms with Crippen LogP contribution in [-0.4, -0.2) is 11.2 Å². The fourth-order valence-corrected chi connectivity index (χ4v) is 2.76. The first-order valence-corrected chi connectivity index (χ1v) is 6.95. The third-order valence-corrected chi connectivity index (χ3v) is 3.77. The van der Waals surface area contributed by atoms with Gasteiger partial charge in [-0.25, -0.2) is 4.79 Å². The predicted molar refractivity (Wildman–Crippen MR) is 77.1 cm³/mol. The first-order chi connectivity index (χ1) is 9.67. The van der Waals surface area contributed by atoms with Gasteiger partial charge in [0.15, 0.2) is 0 Å². The highest BCUT2D eigenvalue weighted by Crippen LogP contribution is 2.28. The Labute approximate surface area is 116 Å². The summed E-state index contributed by atoms with van der Waals surface area (Å²) in [7, 11) is 0. The van der Waals surface area contributed by atoms with Crippen LogP contribution in [0, 0.1) is 11.3 Å². The summed E-state index contributed by atoms with van der Waals surface area (Å²) < 4.78 is 5.14. The number of hydrogen-bond acceptors (Lipinski definition) is 5. The number of aromatic amines is 1. The minimum Gasteiger partial charge on any atom is -0.422 e. The first kappa shape index (κ1) is 12.5. The van der Waals surface area contributed by atoms with Crippen LogP contribution in [0.1, 0.15) is 5.56 Å². The van der Waals surface area contributed by atoms with Gasteiger partial charge >= 0.3 is 5.63 Å². The molecule has 0 saturated carbocycles. The molecule has 2 aromatic heterocycles. The van der Waals surface area contributed by atoms with Gasteiger partial charge < -0.3 is 9.40 Å². The van der Waals surface area contributed by atoms with Crippen molar-refractivity contribution in [3.05, 3.63) is 50.6 Å². The Morgan fingerprint density at radius 3 is 2.70 bits per heavy atom. The average molecular weight is 284 g/mol. The van der Waals surface area contributed by atoms with Crippen LogP contribution in [0.4, 0.5) is 0 Å². The zero-order valence-electron chi connectivity index (χ0n) is 10.4. The molecule has 1 N–H and O–H groups in total. The molecule has 0 aliphatic heterocycles. The van der Waals surface area contributed by atoms with Gasteiger partial charge in [-0.15, -0.1) is 11.8 Å². The van der Waals surface area contributed by atoms with Gasteiger partial charge in [0.2, 0.25) is 0 Å². The second-order valence-corrected chi connectivity index (χ2v) is 4.93. The SMILES string of the molecule is CSc1[nH]c(=O)c2c(=O)oc3ccccc3c2c1C#N. The molecule has 0 unspecified atom stereocenters. The number of aromatic nitrogens is 1. The molecular weight excluding hydrogens is 276 g/mol. The summed E-state index contributed by atoms with van der Waals surface area (Å²) in [6.45, 7) is 0. The van der Waals surface area contributed by atoms with Crippen molar-refractivity contribution in [2.75, 3.05) is 6.26 Å². The van der Waals surface area contributed by atoms with Crippen molar-refractivity contribution in [3.8, 4) is 6.07 Å². The summed E-state index contributed by atoms with van der Waals surface area (Å²) in [6.07, 6.45) is 1.76. The molecule has 3 aromatic rings. The van der Waals surface area contributed by atoms with Crippen molar-refractivity contribution in [1.29, 1.82) is 5.26 Å². The highest BCUT2D eigenvalue weighted by atomic mass is 32.2. The molecule has 0 radical (unpaired) electrons. The molecular formula is C14H8N2O3S. The summed E-state index contributed by atoms with van der Waals surface area (Å²) in [5.74, 6) is 0. The predicted octanol–water partition coefficient (Wildman–Crippen LogP) is 2.23. The molecule has 1 aromatic carbocycles. The van der Waals surface area contributed by atoms with Crippen molar-refractivity contribution in [2.24, 2.45) is 0 Å². The Morgan fingerprint density at radius 2 is 2.00 bits per heavy atom. The van der Waals surface area contributed by atoms with E-state index in [9.17, 15) is 14.9 Å². The molecule has 0 aliphatic rings. The van der Waals surface area contributed by atoms with Gasteiger partial charge in [-0.05, 0) is 12.3 Å². The van der Waals surface area contributed by atoms with Gasteiger partial charge in [0.25, 0.3) is 5.56 Å². The fourth-order valence-electron chi connectivity index (χ4n) is 2.22. The number of nitrogens with one attached hydrogen (secondary N) is 1. The van der Waals surface area contributed by atoms with E-state index in [0.29, 0.717) is 21.4 Å². The quantitative estimate of drug-likeness (QED) is 0.420. The standard InChI is InChI=1S/C14H8N2O3S/c1-20-13-8(6-15)10-7-4-2-3-5-9(7)19-14(18)11(10)12(17)16-13/h2-5H,1H3,(H,16,17). The number of thioether (sulfide) groups is 1. The van der Waals surface area contributed by atoms with Crippen molar-refractivity contribution >= 4 is 33.5 Å². The van der Waals surface area contributed by atoms with Gasteiger partial charge in [-0.1, -0.05) is 18.2 Å². The third kappa shape index (κ3) is 1.64. The minimum absolute atomic E-state index is 0.113. The van der Waals surface area contributed by atoms with E-state index >= 15 is 0 Å². The Kier molecular flexibility index (Phi) is 2.84. The third-order valence-electron chi connectivity index (χ3n) is 3.06. The Balaban J connectivity index is 2.77. The van der Waals surface area contributed by atoms with Crippen LogP contribution in [0.2, 0.25) is 0 Å². The van der Waals surface area contributed by atoms with Crippen molar-refractivity contribution < 1.29 is 4.42 Å². The van der Waals surface area contributed by atoms with Crippen LogP contribution in [0.25, 0.3) is 21.7 Å². The molecule has 0 spiro atoms. The van der Waals surface area contributed by atoms with Gasteiger partial charge in [0, 0.05) is 10.8 Å². The van der Waals surface area contributed by atoms with Crippen molar-refractivity contribution in [3.63, 3.8) is 0 Å². The van der Waals surface area contributed by atoms with E-state index < -0.39 is 11.2 Å². The van der Waals surface area contributed by atoms with Crippen LogP contribution < -0.4 is 11.2 Å². The average Bonchev–Trinajstić information content (AvgIpc) is 2.46. The maximum atomic E-state index is 12.1. The second-order valence-electron chi connectivity index (χ2n) is 4.11. The zero-order valence-corrected chi connectivity index (χ0v) is 11.2. The molecule has 20 heavy (non-hydrogen) atoms. The maximum absolute atomic E-state index is 12.1. The molecule has 0 bridgehead atoms. The van der Waals surface area contributed by atoms with Crippen LogP contribution in [0.15, 0.2) is 43.3 Å². The molecule has 5 nitrogen and oxygen atoms in total. The molecule has 0 saturated heterocycles. The largest absolute Gasteiger partial charge is 0.422 e. The number of pyridine rings is 1. The number of fused-ring (bicyclic) bond motifs is 3. The summed E-state index contributed by atoms with van der Waals surface area (Å²) in [4.78, 5) is 26.6. The fraction of sp³-hybridized carbons (Fsp3) is 0.0714. The molecule has 98 valence electrons. The van der Waals surface area contributed by atoms with Gasteiger partial charge in [-0.3, -0.25) is 4.79 Å². The van der Waals surface area contributed by atoms with Crippen molar-refractivity contribution in [1.82, 2.24) is 4.98 Å². The van der Waals surface area contributed by atoms with Crippen LogP contribution >= 0.6 is 11.8 Å². The second kappa shape index (κ2) is 4.54. The molecule has 3 rings (SSSR count). The minimum atomic E-state index is -0.732. The molecule has 0 aliphatic carbocycles. The van der Waals surface area contributed by atoms with Crippen LogP contribution in [0.5, 0.6) is 0 Å². The first-order valence-electron chi connectivity index (χ1n) is 5.73. The van der Waals surface area contributed by atoms with Gasteiger partial charge in [-0.2, -0.15) is 5.26 Å². The van der Waals surface area contributed by atoms with Crippen LogP contribution in [0.3, 0.4) is 0 Å². The maximum Gasteiger partial charge on any atom is 0.349 e. The number of benzene rings is 1. The highest BCUT2D eigenvalue weighted by Gasteiger charge is 2.17. The van der Waals surface area contributed by atoms with E-state index in [1.54, 1.807) is 30.5 Å². The van der Waals surface area contributed by atoms with Crippen LogP contribution in [-0.2, 0) is 0 Å². The van der Waals surface area contributed by atoms with E-state index in [4.69, 9.17) is 4.42 Å². The lowest BCUT2D eigenvalue weighted by atomic mass is 10.1. The lowest BCUT2D eigenvalue weighted by molar-refractivity contribution is 0.568. The Morgan fingerprint density at radius 1 is 1.25 bits per heavy atom. The number of para-hydroxylation sites is 1. The van der Waals surface area contributed by atoms with Gasteiger partial charge in [0.05, 0.1) is 10.6 Å². The topological polar surface area (TPSA) is 86.9 Å². The number of nitriles is 1. The van der Waals surface area contributed by atoms with E-state index in [1.165, 1.54) is 11.8 Å². The van der Waals surface area contributed by atoms with E-state index in [2.05, 4.69) is 11.1 Å². The van der Waals surface area contributed by atoms with E-state index in [0.717, 1.165) is 0 Å². The Bertz CT molecular complexity index is 995. The summed E-state index contributed by atoms with van der Waals surface area (Å²) in [5.41, 5.74) is -0.623. The molecule has 0 amide bonds. The number of rotatable bonds is 1. The normalized spacial score (nSPS) is 10.8. The smallest absolute Gasteiger partial charge is 0.349 e. The lowest BCUT2D eigenvalue weighted by Crippen LogP contribution is -2.17. The van der Waals surface area contributed by atoms with Gasteiger partial charge in [0.1, 0.15) is 17.0 Å². The monoisotopic (exact) mass is 284 g/mol. The summed E-state index contributed by atoms with van der Waals surface area (Å²) in [6, 6.07) is 8.92. The van der Waals surface area contributed by atoms with E-state index in [1.807, 2.05) is 0 Å². The van der Waals surface area contributed by atoms with E-state index in [-0.39, 0.29) is 10.9 Å². The summed E-state index contributed by atoms with van der Waals surface area (Å²) in [5, 5.41) is 10.6. The van der Waals surface area contributed by atoms with Crippen molar-refractivity contribution in [2.45, 2.75) is 5.03 Å². The molecule has 0 fully saturated rings. The lowest BCUT2D eigenvalue weighted by Gasteiger charge is -2.06. The summed E-state index contributed by atoms with van der Waals surface area (Å²) >= 11 is 1.25. The number of nitrogens with zero attached hydrogens (tertiary/aromatic N) is 1. The molecule has 6 heteroatoms. The zero-order chi connectivity index (χ0) is 14.3. The molecule has 0 atom stereocenters. The highest BCUT2D eigenvalue weighted by molar-refractivity contribution is 7.98. The number of hydrogen-bond donors (Lipinski definition) is 1. The molecule has 2 heterocycles.